The van der Waals surface area contributed by atoms with Crippen molar-refractivity contribution in [2.75, 3.05) is 18.4 Å². The van der Waals surface area contributed by atoms with Gasteiger partial charge in [-0.3, -0.25) is 4.79 Å². The summed E-state index contributed by atoms with van der Waals surface area (Å²) in [6, 6.07) is 6.29. The summed E-state index contributed by atoms with van der Waals surface area (Å²) in [5.74, 6) is -1.15. The lowest BCUT2D eigenvalue weighted by molar-refractivity contribution is -0.137. The molecule has 1 fully saturated rings. The van der Waals surface area contributed by atoms with Crippen LogP contribution < -0.4 is 5.32 Å². The molecule has 0 spiro atoms. The molecule has 2 aromatic rings. The number of sulfonamides is 1. The lowest BCUT2D eigenvalue weighted by Gasteiger charge is -2.30. The summed E-state index contributed by atoms with van der Waals surface area (Å²) >= 11 is 6.75. The van der Waals surface area contributed by atoms with Crippen LogP contribution in [0.3, 0.4) is 0 Å². The molecule has 1 aliphatic heterocycles. The van der Waals surface area contributed by atoms with Gasteiger partial charge in [0.1, 0.15) is 4.21 Å². The van der Waals surface area contributed by atoms with E-state index < -0.39 is 33.6 Å². The van der Waals surface area contributed by atoms with Crippen molar-refractivity contribution in [1.82, 2.24) is 4.31 Å². The first-order valence-corrected chi connectivity index (χ1v) is 11.0. The number of benzene rings is 1. The number of halogens is 4. The normalized spacial score (nSPS) is 16.9. The molecule has 2 heterocycles. The summed E-state index contributed by atoms with van der Waals surface area (Å²) in [6.45, 7) is 0.260. The number of thiophene rings is 1. The zero-order valence-corrected chi connectivity index (χ0v) is 16.8. The molecule has 1 aliphatic rings. The van der Waals surface area contributed by atoms with Crippen molar-refractivity contribution in [1.29, 1.82) is 0 Å². The molecular weight excluding hydrogens is 437 g/mol. The molecule has 11 heteroatoms. The van der Waals surface area contributed by atoms with Gasteiger partial charge in [-0.05, 0) is 42.5 Å². The monoisotopic (exact) mass is 452 g/mol. The summed E-state index contributed by atoms with van der Waals surface area (Å²) < 4.78 is 66.0. The van der Waals surface area contributed by atoms with Gasteiger partial charge >= 0.3 is 6.18 Å². The summed E-state index contributed by atoms with van der Waals surface area (Å²) in [6.07, 6.45) is -4.21. The minimum atomic E-state index is -4.66. The van der Waals surface area contributed by atoms with E-state index in [-0.39, 0.29) is 40.9 Å². The summed E-state index contributed by atoms with van der Waals surface area (Å²) in [7, 11) is -3.60. The van der Waals surface area contributed by atoms with Crippen LogP contribution >= 0.6 is 22.9 Å². The number of anilines is 1. The second kappa shape index (κ2) is 8.02. The van der Waals surface area contributed by atoms with Crippen molar-refractivity contribution >= 4 is 44.6 Å². The van der Waals surface area contributed by atoms with Gasteiger partial charge in [-0.25, -0.2) is 8.42 Å². The van der Waals surface area contributed by atoms with Crippen molar-refractivity contribution in [3.8, 4) is 0 Å². The van der Waals surface area contributed by atoms with Crippen LogP contribution in [-0.2, 0) is 21.0 Å². The Morgan fingerprint density at radius 3 is 2.46 bits per heavy atom. The van der Waals surface area contributed by atoms with Crippen molar-refractivity contribution in [2.24, 2.45) is 5.92 Å². The number of alkyl halides is 3. The average molecular weight is 453 g/mol. The SMILES string of the molecule is O=C(Nc1ccc(Cl)cc1C(F)(F)F)C1CCN(S(=O)(=O)c2cccs2)CC1. The third-order valence-corrected chi connectivity index (χ3v) is 7.97. The summed E-state index contributed by atoms with van der Waals surface area (Å²) in [4.78, 5) is 12.4. The van der Waals surface area contributed by atoms with Crippen LogP contribution in [0.1, 0.15) is 18.4 Å². The maximum absolute atomic E-state index is 13.2. The quantitative estimate of drug-likeness (QED) is 0.744. The molecule has 0 unspecified atom stereocenters. The number of hydrogen-bond donors (Lipinski definition) is 1. The Bertz CT molecular complexity index is 955. The number of piperidine rings is 1. The molecule has 3 rings (SSSR count). The molecule has 1 N–H and O–H groups in total. The molecule has 0 saturated carbocycles. The topological polar surface area (TPSA) is 66.5 Å². The Morgan fingerprint density at radius 1 is 1.21 bits per heavy atom. The van der Waals surface area contributed by atoms with Gasteiger partial charge in [0.15, 0.2) is 0 Å². The number of nitrogens with one attached hydrogen (secondary N) is 1. The maximum atomic E-state index is 13.2. The van der Waals surface area contributed by atoms with Crippen LogP contribution in [0, 0.1) is 5.92 Å². The van der Waals surface area contributed by atoms with Crippen LogP contribution in [0.25, 0.3) is 0 Å². The highest BCUT2D eigenvalue weighted by Gasteiger charge is 2.36. The minimum Gasteiger partial charge on any atom is -0.325 e. The Labute approximate surface area is 169 Å². The predicted octanol–water partition coefficient (Wildman–Crippen LogP) is 4.46. The van der Waals surface area contributed by atoms with Crippen LogP contribution in [0.15, 0.2) is 39.9 Å². The molecule has 0 bridgehead atoms. The molecule has 5 nitrogen and oxygen atoms in total. The van der Waals surface area contributed by atoms with Gasteiger partial charge in [0, 0.05) is 24.0 Å². The van der Waals surface area contributed by atoms with Crippen molar-refractivity contribution < 1.29 is 26.4 Å². The molecule has 1 saturated heterocycles. The molecule has 1 amide bonds. The first kappa shape index (κ1) is 21.1. The van der Waals surface area contributed by atoms with Crippen LogP contribution in [0.5, 0.6) is 0 Å². The van der Waals surface area contributed by atoms with Gasteiger partial charge < -0.3 is 5.32 Å². The summed E-state index contributed by atoms with van der Waals surface area (Å²) in [5.41, 5.74) is -1.39. The van der Waals surface area contributed by atoms with E-state index >= 15 is 0 Å². The van der Waals surface area contributed by atoms with Crippen LogP contribution in [0.2, 0.25) is 5.02 Å². The third-order valence-electron chi connectivity index (χ3n) is 4.46. The first-order valence-electron chi connectivity index (χ1n) is 8.30. The Morgan fingerprint density at radius 2 is 1.89 bits per heavy atom. The molecule has 1 aromatic carbocycles. The van der Waals surface area contributed by atoms with E-state index in [1.54, 1.807) is 11.4 Å². The van der Waals surface area contributed by atoms with E-state index in [0.29, 0.717) is 0 Å². The maximum Gasteiger partial charge on any atom is 0.418 e. The highest BCUT2D eigenvalue weighted by Crippen LogP contribution is 2.37. The third kappa shape index (κ3) is 4.51. The lowest BCUT2D eigenvalue weighted by atomic mass is 9.97. The molecule has 0 atom stereocenters. The molecule has 28 heavy (non-hydrogen) atoms. The molecule has 1 aromatic heterocycles. The minimum absolute atomic E-state index is 0.0857. The van der Waals surface area contributed by atoms with E-state index in [1.807, 2.05) is 0 Å². The summed E-state index contributed by atoms with van der Waals surface area (Å²) in [5, 5.41) is 3.89. The molecule has 0 aliphatic carbocycles. The fraction of sp³-hybridized carbons (Fsp3) is 0.353. The van der Waals surface area contributed by atoms with Crippen molar-refractivity contribution in [3.63, 3.8) is 0 Å². The zero-order valence-electron chi connectivity index (χ0n) is 14.4. The fourth-order valence-corrected chi connectivity index (χ4v) is 5.78. The second-order valence-electron chi connectivity index (χ2n) is 6.29. The van der Waals surface area contributed by atoms with Gasteiger partial charge in [0.05, 0.1) is 11.3 Å². The molecule has 152 valence electrons. The van der Waals surface area contributed by atoms with E-state index in [1.165, 1.54) is 16.4 Å². The van der Waals surface area contributed by atoms with Crippen LogP contribution in [0.4, 0.5) is 18.9 Å². The standard InChI is InChI=1S/C17H16ClF3N2O3S2/c18-12-3-4-14(13(10-12)17(19,20)21)22-16(24)11-5-7-23(8-6-11)28(25,26)15-2-1-9-27-15/h1-4,9-11H,5-8H2,(H,22,24). The van der Waals surface area contributed by atoms with E-state index in [9.17, 15) is 26.4 Å². The number of carbonyl (C=O) groups is 1. The molecular formula is C17H16ClF3N2O3S2. The van der Waals surface area contributed by atoms with Crippen molar-refractivity contribution in [3.05, 3.63) is 46.3 Å². The highest BCUT2D eigenvalue weighted by atomic mass is 35.5. The predicted molar refractivity (Wildman–Crippen MR) is 101 cm³/mol. The Kier molecular flexibility index (Phi) is 6.04. The smallest absolute Gasteiger partial charge is 0.325 e. The van der Waals surface area contributed by atoms with E-state index in [2.05, 4.69) is 5.32 Å². The zero-order chi connectivity index (χ0) is 20.5. The Balaban J connectivity index is 1.67. The number of carbonyl (C=O) groups excluding carboxylic acids is 1. The number of rotatable bonds is 4. The fourth-order valence-electron chi connectivity index (χ4n) is 2.99. The molecule has 0 radical (unpaired) electrons. The van der Waals surface area contributed by atoms with Crippen molar-refractivity contribution in [2.45, 2.75) is 23.2 Å². The largest absolute Gasteiger partial charge is 0.418 e. The lowest BCUT2D eigenvalue weighted by Crippen LogP contribution is -2.41. The van der Waals surface area contributed by atoms with Gasteiger partial charge in [-0.15, -0.1) is 11.3 Å². The average Bonchev–Trinajstić information content (AvgIpc) is 3.18. The van der Waals surface area contributed by atoms with Gasteiger partial charge in [-0.2, -0.15) is 17.5 Å². The number of nitrogens with zero attached hydrogens (tertiary/aromatic N) is 1. The van der Waals surface area contributed by atoms with E-state index in [4.69, 9.17) is 11.6 Å². The van der Waals surface area contributed by atoms with E-state index in [0.717, 1.165) is 23.5 Å². The van der Waals surface area contributed by atoms with Crippen LogP contribution in [-0.4, -0.2) is 31.7 Å². The number of amides is 1. The first-order chi connectivity index (χ1) is 13.1. The van der Waals surface area contributed by atoms with Gasteiger partial charge in [0.2, 0.25) is 5.91 Å². The number of hydrogen-bond acceptors (Lipinski definition) is 4. The second-order valence-corrected chi connectivity index (χ2v) is 9.84. The van der Waals surface area contributed by atoms with Gasteiger partial charge in [-0.1, -0.05) is 17.7 Å². The Hall–Kier alpha value is -1.62. The highest BCUT2D eigenvalue weighted by molar-refractivity contribution is 7.91. The van der Waals surface area contributed by atoms with Gasteiger partial charge in [0.25, 0.3) is 10.0 Å².